The van der Waals surface area contributed by atoms with Crippen LogP contribution in [-0.2, 0) is 0 Å². The number of para-hydroxylation sites is 1. The molecule has 2 saturated heterocycles. The van der Waals surface area contributed by atoms with Gasteiger partial charge in [0.2, 0.25) is 0 Å². The highest BCUT2D eigenvalue weighted by atomic mass is 16.3. The summed E-state index contributed by atoms with van der Waals surface area (Å²) in [6.45, 7) is 9.12. The molecule has 2 aromatic carbocycles. The van der Waals surface area contributed by atoms with E-state index in [1.165, 1.54) is 5.56 Å². The van der Waals surface area contributed by atoms with Crippen LogP contribution in [0.4, 0.5) is 10.5 Å². The molecule has 1 unspecified atom stereocenters. The van der Waals surface area contributed by atoms with Gasteiger partial charge in [0.05, 0.1) is 0 Å². The van der Waals surface area contributed by atoms with Gasteiger partial charge in [-0.25, -0.2) is 4.79 Å². The Bertz CT molecular complexity index is 870. The van der Waals surface area contributed by atoms with Crippen LogP contribution in [0.1, 0.15) is 43.9 Å². The average Bonchev–Trinajstić information content (AvgIpc) is 2.70. The summed E-state index contributed by atoms with van der Waals surface area (Å²) in [4.78, 5) is 17.3. The molecule has 29 heavy (non-hydrogen) atoms. The van der Waals surface area contributed by atoms with Gasteiger partial charge in [0.15, 0.2) is 0 Å². The molecule has 2 heterocycles. The number of aromatic hydroxyl groups is 1. The van der Waals surface area contributed by atoms with E-state index in [1.807, 2.05) is 48.2 Å². The lowest BCUT2D eigenvalue weighted by Crippen LogP contribution is -2.64. The third-order valence-electron chi connectivity index (χ3n) is 6.71. The molecule has 2 fully saturated rings. The average molecular weight is 394 g/mol. The predicted octanol–water partition coefficient (Wildman–Crippen LogP) is 4.78. The lowest BCUT2D eigenvalue weighted by Gasteiger charge is -2.62. The number of carbonyl (C=O) groups excluding carboxylic acids is 1. The molecule has 0 radical (unpaired) electrons. The van der Waals surface area contributed by atoms with Gasteiger partial charge >= 0.3 is 6.03 Å². The number of piperidine rings is 1. The number of benzene rings is 2. The first-order valence-corrected chi connectivity index (χ1v) is 10.6. The minimum absolute atomic E-state index is 0.00428. The Balaban J connectivity index is 1.45. The number of likely N-dealkylation sites (tertiary alicyclic amines) is 2. The van der Waals surface area contributed by atoms with Crippen LogP contribution in [-0.4, -0.2) is 46.6 Å². The quantitative estimate of drug-likeness (QED) is 0.789. The standard InChI is InChI=1S/C24H31N3O2/c1-17(2)27-16-24(22(27)19-8-10-20(28)11-9-19)12-14-26(15-13-24)23(29)25-21-7-5-4-6-18(21)3/h4-11,17,22,28H,12-16H2,1-3H3,(H,25,29). The van der Waals surface area contributed by atoms with Gasteiger partial charge in [0.1, 0.15) is 5.75 Å². The fourth-order valence-electron chi connectivity index (χ4n) is 4.96. The second kappa shape index (κ2) is 7.71. The Labute approximate surface area is 173 Å². The number of phenolic OH excluding ortho intramolecular Hbond substituents is 1. The maximum absolute atomic E-state index is 12.8. The number of carbonyl (C=O) groups is 1. The molecule has 4 rings (SSSR count). The van der Waals surface area contributed by atoms with E-state index in [0.29, 0.717) is 17.8 Å². The van der Waals surface area contributed by atoms with Gasteiger partial charge in [-0.3, -0.25) is 4.90 Å². The zero-order valence-electron chi connectivity index (χ0n) is 17.6. The van der Waals surface area contributed by atoms with Crippen molar-refractivity contribution in [2.75, 3.05) is 25.0 Å². The smallest absolute Gasteiger partial charge is 0.321 e. The van der Waals surface area contributed by atoms with Crippen LogP contribution in [0.25, 0.3) is 0 Å². The molecule has 2 N–H and O–H groups in total. The maximum atomic E-state index is 12.8. The third-order valence-corrected chi connectivity index (χ3v) is 6.71. The number of hydrogen-bond donors (Lipinski definition) is 2. The van der Waals surface area contributed by atoms with Crippen LogP contribution in [0.3, 0.4) is 0 Å². The molecule has 0 saturated carbocycles. The number of aryl methyl sites for hydroxylation is 1. The molecule has 1 spiro atoms. The maximum Gasteiger partial charge on any atom is 0.321 e. The highest BCUT2D eigenvalue weighted by Gasteiger charge is 2.54. The SMILES string of the molecule is Cc1ccccc1NC(=O)N1CCC2(CC1)CN(C(C)C)C2c1ccc(O)cc1. The van der Waals surface area contributed by atoms with Crippen LogP contribution < -0.4 is 5.32 Å². The van der Waals surface area contributed by atoms with Crippen LogP contribution in [0.15, 0.2) is 48.5 Å². The lowest BCUT2D eigenvalue weighted by molar-refractivity contribution is -0.123. The number of rotatable bonds is 3. The Morgan fingerprint density at radius 2 is 1.76 bits per heavy atom. The number of urea groups is 1. The molecule has 154 valence electrons. The lowest BCUT2D eigenvalue weighted by atomic mass is 9.62. The van der Waals surface area contributed by atoms with E-state index in [2.05, 4.69) is 24.1 Å². The van der Waals surface area contributed by atoms with E-state index in [9.17, 15) is 9.90 Å². The van der Waals surface area contributed by atoms with Crippen molar-refractivity contribution in [1.82, 2.24) is 9.80 Å². The highest BCUT2D eigenvalue weighted by molar-refractivity contribution is 5.90. The second-order valence-corrected chi connectivity index (χ2v) is 8.85. The third kappa shape index (κ3) is 3.71. The summed E-state index contributed by atoms with van der Waals surface area (Å²) in [7, 11) is 0. The molecule has 5 nitrogen and oxygen atoms in total. The zero-order chi connectivity index (χ0) is 20.6. The molecule has 0 bridgehead atoms. The summed E-state index contributed by atoms with van der Waals surface area (Å²) in [5, 5.41) is 12.7. The summed E-state index contributed by atoms with van der Waals surface area (Å²) in [6.07, 6.45) is 2.01. The molecule has 2 aliphatic rings. The minimum atomic E-state index is -0.00428. The Morgan fingerprint density at radius 1 is 1.10 bits per heavy atom. The molecule has 2 amide bonds. The summed E-state index contributed by atoms with van der Waals surface area (Å²) in [5.74, 6) is 0.306. The van der Waals surface area contributed by atoms with E-state index in [-0.39, 0.29) is 11.4 Å². The van der Waals surface area contributed by atoms with E-state index < -0.39 is 0 Å². The molecular formula is C24H31N3O2. The fraction of sp³-hybridized carbons (Fsp3) is 0.458. The van der Waals surface area contributed by atoms with Gasteiger partial charge < -0.3 is 15.3 Å². The number of anilines is 1. The zero-order valence-corrected chi connectivity index (χ0v) is 17.6. The topological polar surface area (TPSA) is 55.8 Å². The van der Waals surface area contributed by atoms with E-state index in [1.54, 1.807) is 12.1 Å². The number of hydrogen-bond acceptors (Lipinski definition) is 3. The summed E-state index contributed by atoms with van der Waals surface area (Å²) in [5.41, 5.74) is 3.43. The normalized spacial score (nSPS) is 21.2. The fourth-order valence-corrected chi connectivity index (χ4v) is 4.96. The van der Waals surface area contributed by atoms with Crippen molar-refractivity contribution in [2.24, 2.45) is 5.41 Å². The van der Waals surface area contributed by atoms with Crippen molar-refractivity contribution >= 4 is 11.7 Å². The van der Waals surface area contributed by atoms with Crippen molar-refractivity contribution < 1.29 is 9.90 Å². The molecule has 5 heteroatoms. The highest BCUT2D eigenvalue weighted by Crippen LogP contribution is 2.55. The Hall–Kier alpha value is -2.53. The van der Waals surface area contributed by atoms with Gasteiger partial charge in [-0.2, -0.15) is 0 Å². The van der Waals surface area contributed by atoms with Gasteiger partial charge in [-0.05, 0) is 62.9 Å². The van der Waals surface area contributed by atoms with Crippen molar-refractivity contribution in [3.63, 3.8) is 0 Å². The first-order chi connectivity index (χ1) is 13.9. The first kappa shape index (κ1) is 19.8. The summed E-state index contributed by atoms with van der Waals surface area (Å²) in [6, 6.07) is 16.4. The van der Waals surface area contributed by atoms with Crippen LogP contribution >= 0.6 is 0 Å². The van der Waals surface area contributed by atoms with E-state index >= 15 is 0 Å². The summed E-state index contributed by atoms with van der Waals surface area (Å²) < 4.78 is 0. The van der Waals surface area contributed by atoms with Crippen molar-refractivity contribution in [2.45, 2.75) is 45.7 Å². The van der Waals surface area contributed by atoms with Gasteiger partial charge in [-0.15, -0.1) is 0 Å². The van der Waals surface area contributed by atoms with E-state index in [0.717, 1.165) is 43.7 Å². The van der Waals surface area contributed by atoms with Gasteiger partial charge in [0.25, 0.3) is 0 Å². The van der Waals surface area contributed by atoms with E-state index in [4.69, 9.17) is 0 Å². The molecule has 2 aliphatic heterocycles. The monoisotopic (exact) mass is 393 g/mol. The first-order valence-electron chi connectivity index (χ1n) is 10.6. The minimum Gasteiger partial charge on any atom is -0.508 e. The van der Waals surface area contributed by atoms with Crippen LogP contribution in [0, 0.1) is 12.3 Å². The van der Waals surface area contributed by atoms with Crippen molar-refractivity contribution in [3.8, 4) is 5.75 Å². The predicted molar refractivity (Wildman–Crippen MR) is 116 cm³/mol. The molecule has 0 aromatic heterocycles. The second-order valence-electron chi connectivity index (χ2n) is 8.85. The molecular weight excluding hydrogens is 362 g/mol. The van der Waals surface area contributed by atoms with Crippen molar-refractivity contribution in [1.29, 1.82) is 0 Å². The van der Waals surface area contributed by atoms with Crippen LogP contribution in [0.5, 0.6) is 5.75 Å². The number of nitrogens with one attached hydrogen (secondary N) is 1. The van der Waals surface area contributed by atoms with Crippen LogP contribution in [0.2, 0.25) is 0 Å². The molecule has 2 aromatic rings. The largest absolute Gasteiger partial charge is 0.508 e. The summed E-state index contributed by atoms with van der Waals surface area (Å²) >= 11 is 0. The number of amides is 2. The number of phenols is 1. The van der Waals surface area contributed by atoms with Crippen molar-refractivity contribution in [3.05, 3.63) is 59.7 Å². The molecule has 1 atom stereocenters. The number of nitrogens with zero attached hydrogens (tertiary/aromatic N) is 2. The Kier molecular flexibility index (Phi) is 5.26. The van der Waals surface area contributed by atoms with Gasteiger partial charge in [0, 0.05) is 42.8 Å². The Morgan fingerprint density at radius 3 is 2.38 bits per heavy atom. The van der Waals surface area contributed by atoms with Gasteiger partial charge in [-0.1, -0.05) is 30.3 Å². The molecule has 0 aliphatic carbocycles.